The summed E-state index contributed by atoms with van der Waals surface area (Å²) in [5, 5.41) is 4.17. The molecule has 0 bridgehead atoms. The summed E-state index contributed by atoms with van der Waals surface area (Å²) in [6, 6.07) is 8.76. The Labute approximate surface area is 118 Å². The zero-order valence-corrected chi connectivity index (χ0v) is 11.6. The van der Waals surface area contributed by atoms with Crippen molar-refractivity contribution >= 4 is 11.6 Å². The highest BCUT2D eigenvalue weighted by Crippen LogP contribution is 2.21. The van der Waals surface area contributed by atoms with E-state index in [-0.39, 0.29) is 0 Å². The fourth-order valence-electron chi connectivity index (χ4n) is 2.73. The largest absolute Gasteiger partial charge is 0.317 e. The molecule has 3 rings (SSSR count). The summed E-state index contributed by atoms with van der Waals surface area (Å²) in [5.41, 5.74) is 2.17. The van der Waals surface area contributed by atoms with Crippen molar-refractivity contribution in [2.75, 3.05) is 0 Å². The van der Waals surface area contributed by atoms with Crippen LogP contribution in [0.1, 0.15) is 31.4 Å². The molecule has 3 nitrogen and oxygen atoms in total. The summed E-state index contributed by atoms with van der Waals surface area (Å²) in [6.45, 7) is 0.878. The second-order valence-corrected chi connectivity index (χ2v) is 5.40. The Bertz CT molecular complexity index is 544. The first-order valence-corrected chi connectivity index (χ1v) is 7.23. The Balaban J connectivity index is 1.76. The number of hydrogen-bond donors (Lipinski definition) is 1. The standard InChI is InChI=1S/C15H18ClN3/c16-15-14(8-3-9-17-15)19-10-4-7-13(19)11-18-12-5-1-2-6-12/h3-4,7-10,12,18H,1-2,5-6,11H2. The van der Waals surface area contributed by atoms with Crippen molar-refractivity contribution in [1.82, 2.24) is 14.9 Å². The average Bonchev–Trinajstić information content (AvgIpc) is 3.08. The van der Waals surface area contributed by atoms with E-state index in [1.807, 2.05) is 18.3 Å². The van der Waals surface area contributed by atoms with E-state index in [1.54, 1.807) is 6.20 Å². The highest BCUT2D eigenvalue weighted by molar-refractivity contribution is 6.31. The molecule has 2 heterocycles. The molecular formula is C15H18ClN3. The lowest BCUT2D eigenvalue weighted by Crippen LogP contribution is -2.26. The average molecular weight is 276 g/mol. The molecule has 0 atom stereocenters. The molecule has 1 fully saturated rings. The third kappa shape index (κ3) is 2.82. The summed E-state index contributed by atoms with van der Waals surface area (Å²) in [6.07, 6.45) is 9.06. The molecule has 1 saturated carbocycles. The van der Waals surface area contributed by atoms with Crippen molar-refractivity contribution in [3.8, 4) is 5.69 Å². The molecule has 2 aromatic rings. The summed E-state index contributed by atoms with van der Waals surface area (Å²) in [7, 11) is 0. The Kier molecular flexibility index (Phi) is 3.85. The fourth-order valence-corrected chi connectivity index (χ4v) is 2.94. The molecule has 0 unspecified atom stereocenters. The van der Waals surface area contributed by atoms with E-state index in [9.17, 15) is 0 Å². The first-order chi connectivity index (χ1) is 9.34. The lowest BCUT2D eigenvalue weighted by molar-refractivity contribution is 0.516. The van der Waals surface area contributed by atoms with Gasteiger partial charge >= 0.3 is 0 Å². The van der Waals surface area contributed by atoms with Crippen molar-refractivity contribution in [1.29, 1.82) is 0 Å². The second-order valence-electron chi connectivity index (χ2n) is 5.05. The van der Waals surface area contributed by atoms with Crippen LogP contribution in [0.25, 0.3) is 5.69 Å². The number of halogens is 1. The number of nitrogens with one attached hydrogen (secondary N) is 1. The van der Waals surface area contributed by atoms with Crippen molar-refractivity contribution in [3.05, 3.63) is 47.5 Å². The van der Waals surface area contributed by atoms with Gasteiger partial charge in [-0.2, -0.15) is 0 Å². The van der Waals surface area contributed by atoms with E-state index in [1.165, 1.54) is 31.4 Å². The first kappa shape index (κ1) is 12.7. The molecule has 0 aromatic carbocycles. The molecule has 1 N–H and O–H groups in total. The van der Waals surface area contributed by atoms with Crippen LogP contribution in [-0.4, -0.2) is 15.6 Å². The van der Waals surface area contributed by atoms with Gasteiger partial charge in [0.05, 0.1) is 5.69 Å². The van der Waals surface area contributed by atoms with E-state index in [2.05, 4.69) is 27.0 Å². The zero-order chi connectivity index (χ0) is 13.1. The van der Waals surface area contributed by atoms with E-state index in [0.717, 1.165) is 12.2 Å². The van der Waals surface area contributed by atoms with Gasteiger partial charge in [-0.1, -0.05) is 24.4 Å². The van der Waals surface area contributed by atoms with Crippen molar-refractivity contribution in [2.24, 2.45) is 0 Å². The van der Waals surface area contributed by atoms with Crippen LogP contribution >= 0.6 is 11.6 Å². The van der Waals surface area contributed by atoms with Gasteiger partial charge in [-0.3, -0.25) is 0 Å². The molecule has 0 amide bonds. The molecular weight excluding hydrogens is 258 g/mol. The van der Waals surface area contributed by atoms with Crippen LogP contribution in [0.5, 0.6) is 0 Å². The monoisotopic (exact) mass is 275 g/mol. The Morgan fingerprint density at radius 1 is 1.26 bits per heavy atom. The third-order valence-electron chi connectivity index (χ3n) is 3.76. The molecule has 0 radical (unpaired) electrons. The summed E-state index contributed by atoms with van der Waals surface area (Å²) in [4.78, 5) is 4.14. The normalized spacial score (nSPS) is 16.1. The molecule has 0 saturated heterocycles. The minimum atomic E-state index is 0.542. The quantitative estimate of drug-likeness (QED) is 0.865. The highest BCUT2D eigenvalue weighted by atomic mass is 35.5. The van der Waals surface area contributed by atoms with E-state index >= 15 is 0 Å². The number of hydrogen-bond acceptors (Lipinski definition) is 2. The van der Waals surface area contributed by atoms with Crippen LogP contribution in [-0.2, 0) is 6.54 Å². The summed E-state index contributed by atoms with van der Waals surface area (Å²) in [5.74, 6) is 0. The lowest BCUT2D eigenvalue weighted by Gasteiger charge is -2.14. The second kappa shape index (κ2) is 5.76. The molecule has 2 aromatic heterocycles. The van der Waals surface area contributed by atoms with E-state index < -0.39 is 0 Å². The van der Waals surface area contributed by atoms with Gasteiger partial charge in [-0.05, 0) is 37.1 Å². The molecule has 100 valence electrons. The summed E-state index contributed by atoms with van der Waals surface area (Å²) >= 11 is 6.16. The Morgan fingerprint density at radius 3 is 2.89 bits per heavy atom. The minimum absolute atomic E-state index is 0.542. The van der Waals surface area contributed by atoms with Crippen LogP contribution in [0, 0.1) is 0 Å². The van der Waals surface area contributed by atoms with Crippen LogP contribution in [0.3, 0.4) is 0 Å². The summed E-state index contributed by atoms with van der Waals surface area (Å²) < 4.78 is 2.11. The van der Waals surface area contributed by atoms with Crippen LogP contribution in [0.4, 0.5) is 0 Å². The van der Waals surface area contributed by atoms with Gasteiger partial charge in [0, 0.05) is 30.7 Å². The minimum Gasteiger partial charge on any atom is -0.317 e. The predicted molar refractivity (Wildman–Crippen MR) is 77.7 cm³/mol. The van der Waals surface area contributed by atoms with Crippen LogP contribution in [0.2, 0.25) is 5.15 Å². The van der Waals surface area contributed by atoms with E-state index in [0.29, 0.717) is 11.2 Å². The van der Waals surface area contributed by atoms with Crippen molar-refractivity contribution in [3.63, 3.8) is 0 Å². The fraction of sp³-hybridized carbons (Fsp3) is 0.400. The van der Waals surface area contributed by atoms with Gasteiger partial charge in [0.25, 0.3) is 0 Å². The third-order valence-corrected chi connectivity index (χ3v) is 4.05. The number of aromatic nitrogens is 2. The number of nitrogens with zero attached hydrogens (tertiary/aromatic N) is 2. The van der Waals surface area contributed by atoms with Gasteiger partial charge in [-0.15, -0.1) is 0 Å². The maximum atomic E-state index is 6.16. The van der Waals surface area contributed by atoms with Gasteiger partial charge in [0.1, 0.15) is 0 Å². The van der Waals surface area contributed by atoms with Gasteiger partial charge in [0.15, 0.2) is 5.15 Å². The van der Waals surface area contributed by atoms with Gasteiger partial charge in [0.2, 0.25) is 0 Å². The van der Waals surface area contributed by atoms with Gasteiger partial charge in [-0.25, -0.2) is 4.98 Å². The molecule has 0 spiro atoms. The SMILES string of the molecule is Clc1ncccc1-n1cccc1CNC1CCCC1. The van der Waals surface area contributed by atoms with Crippen LogP contribution in [0.15, 0.2) is 36.7 Å². The van der Waals surface area contributed by atoms with Crippen molar-refractivity contribution < 1.29 is 0 Å². The number of pyridine rings is 1. The molecule has 4 heteroatoms. The Hall–Kier alpha value is -1.32. The van der Waals surface area contributed by atoms with Crippen molar-refractivity contribution in [2.45, 2.75) is 38.3 Å². The highest BCUT2D eigenvalue weighted by Gasteiger charge is 2.15. The zero-order valence-electron chi connectivity index (χ0n) is 10.8. The smallest absolute Gasteiger partial charge is 0.152 e. The predicted octanol–water partition coefficient (Wildman–Crippen LogP) is 3.56. The topological polar surface area (TPSA) is 29.9 Å². The molecule has 19 heavy (non-hydrogen) atoms. The molecule has 1 aliphatic carbocycles. The lowest BCUT2D eigenvalue weighted by atomic mass is 10.2. The Morgan fingerprint density at radius 2 is 2.11 bits per heavy atom. The van der Waals surface area contributed by atoms with Gasteiger partial charge < -0.3 is 9.88 Å². The maximum Gasteiger partial charge on any atom is 0.152 e. The van der Waals surface area contributed by atoms with E-state index in [4.69, 9.17) is 11.6 Å². The number of rotatable bonds is 4. The van der Waals surface area contributed by atoms with Crippen LogP contribution < -0.4 is 5.32 Å². The molecule has 1 aliphatic rings. The maximum absolute atomic E-state index is 6.16. The first-order valence-electron chi connectivity index (χ1n) is 6.85. The molecule has 0 aliphatic heterocycles.